The van der Waals surface area contributed by atoms with E-state index in [1.165, 1.54) is 16.7 Å². The molecule has 0 saturated heterocycles. The summed E-state index contributed by atoms with van der Waals surface area (Å²) >= 11 is 4.93. The molecule has 2 heteroatoms. The Labute approximate surface area is 117 Å². The van der Waals surface area contributed by atoms with E-state index in [1.54, 1.807) is 0 Å². The predicted octanol–water partition coefficient (Wildman–Crippen LogP) is 4.16. The summed E-state index contributed by atoms with van der Waals surface area (Å²) in [6, 6.07) is 6.89. The topological polar surface area (TPSA) is 26.0 Å². The van der Waals surface area contributed by atoms with Gasteiger partial charge in [0.15, 0.2) is 0 Å². The van der Waals surface area contributed by atoms with Gasteiger partial charge in [-0.1, -0.05) is 58.1 Å². The van der Waals surface area contributed by atoms with Crippen molar-refractivity contribution in [2.45, 2.75) is 58.8 Å². The van der Waals surface area contributed by atoms with Gasteiger partial charge >= 0.3 is 0 Å². The highest BCUT2D eigenvalue weighted by Crippen LogP contribution is 2.25. The lowest BCUT2D eigenvalue weighted by Gasteiger charge is -2.21. The number of nitrogens with two attached hydrogens (primary N) is 1. The van der Waals surface area contributed by atoms with Crippen LogP contribution in [0.5, 0.6) is 0 Å². The maximum absolute atomic E-state index is 5.56. The first-order valence-corrected chi connectivity index (χ1v) is 7.16. The number of thiocarbonyl (C=S) groups is 1. The van der Waals surface area contributed by atoms with Crippen LogP contribution in [0.1, 0.15) is 57.2 Å². The van der Waals surface area contributed by atoms with Crippen molar-refractivity contribution in [2.24, 2.45) is 5.73 Å². The lowest BCUT2D eigenvalue weighted by atomic mass is 9.84. The second-order valence-electron chi connectivity index (χ2n) is 5.91. The molecular weight excluding hydrogens is 238 g/mol. The first-order chi connectivity index (χ1) is 8.34. The summed E-state index contributed by atoms with van der Waals surface area (Å²) in [7, 11) is 0. The van der Waals surface area contributed by atoms with Crippen LogP contribution in [0.3, 0.4) is 0 Å². The minimum Gasteiger partial charge on any atom is -0.393 e. The third kappa shape index (κ3) is 4.41. The fourth-order valence-electron chi connectivity index (χ4n) is 2.12. The molecule has 0 saturated carbocycles. The van der Waals surface area contributed by atoms with Crippen LogP contribution in [0, 0.1) is 0 Å². The minimum atomic E-state index is 0.212. The molecule has 0 radical (unpaired) electrons. The van der Waals surface area contributed by atoms with E-state index in [9.17, 15) is 0 Å². The van der Waals surface area contributed by atoms with Gasteiger partial charge in [0.2, 0.25) is 0 Å². The quantitative estimate of drug-likeness (QED) is 0.807. The van der Waals surface area contributed by atoms with Crippen LogP contribution in [0.15, 0.2) is 18.2 Å². The molecular formula is C16H25NS. The fraction of sp³-hybridized carbons (Fsp3) is 0.562. The molecule has 0 amide bonds. The first-order valence-electron chi connectivity index (χ1n) is 6.75. The van der Waals surface area contributed by atoms with Crippen LogP contribution in [0.2, 0.25) is 0 Å². The highest BCUT2D eigenvalue weighted by Gasteiger charge is 2.15. The average molecular weight is 263 g/mol. The van der Waals surface area contributed by atoms with E-state index < -0.39 is 0 Å². The maximum atomic E-state index is 5.56. The zero-order valence-electron chi connectivity index (χ0n) is 12.0. The van der Waals surface area contributed by atoms with Gasteiger partial charge in [-0.2, -0.15) is 0 Å². The summed E-state index contributed by atoms with van der Waals surface area (Å²) in [5.41, 5.74) is 10.1. The van der Waals surface area contributed by atoms with Gasteiger partial charge in [-0.25, -0.2) is 0 Å². The van der Waals surface area contributed by atoms with E-state index in [0.717, 1.165) is 25.7 Å². The summed E-state index contributed by atoms with van der Waals surface area (Å²) < 4.78 is 0. The van der Waals surface area contributed by atoms with Crippen LogP contribution in [-0.2, 0) is 18.3 Å². The number of rotatable bonds is 5. The normalized spacial score (nSPS) is 11.6. The number of benzene rings is 1. The molecule has 1 aromatic rings. The lowest BCUT2D eigenvalue weighted by Crippen LogP contribution is -2.12. The van der Waals surface area contributed by atoms with Crippen molar-refractivity contribution in [2.75, 3.05) is 0 Å². The summed E-state index contributed by atoms with van der Waals surface area (Å²) in [6.45, 7) is 8.98. The predicted molar refractivity (Wildman–Crippen MR) is 84.2 cm³/mol. The molecule has 100 valence electrons. The summed E-state index contributed by atoms with van der Waals surface area (Å²) in [5.74, 6) is 0. The molecule has 0 heterocycles. The van der Waals surface area contributed by atoms with Gasteiger partial charge in [0.1, 0.15) is 0 Å². The van der Waals surface area contributed by atoms with Crippen LogP contribution in [-0.4, -0.2) is 4.99 Å². The van der Waals surface area contributed by atoms with E-state index >= 15 is 0 Å². The minimum absolute atomic E-state index is 0.212. The van der Waals surface area contributed by atoms with Gasteiger partial charge in [0, 0.05) is 0 Å². The SMILES string of the molecule is CCc1ccc(C(C)(C)C)cc1CCCC(N)=S. The molecule has 18 heavy (non-hydrogen) atoms. The largest absolute Gasteiger partial charge is 0.393 e. The van der Waals surface area contributed by atoms with Crippen molar-refractivity contribution in [3.63, 3.8) is 0 Å². The van der Waals surface area contributed by atoms with Crippen molar-refractivity contribution in [3.05, 3.63) is 34.9 Å². The second kappa shape index (κ2) is 6.33. The summed E-state index contributed by atoms with van der Waals surface area (Å²) in [4.78, 5) is 0.625. The van der Waals surface area contributed by atoms with E-state index in [2.05, 4.69) is 45.9 Å². The molecule has 1 rings (SSSR count). The Morgan fingerprint density at radius 1 is 1.22 bits per heavy atom. The fourth-order valence-corrected chi connectivity index (χ4v) is 2.27. The molecule has 0 spiro atoms. The zero-order valence-corrected chi connectivity index (χ0v) is 12.9. The number of aryl methyl sites for hydroxylation is 2. The molecule has 1 aromatic carbocycles. The zero-order chi connectivity index (χ0) is 13.8. The third-order valence-corrected chi connectivity index (χ3v) is 3.53. The highest BCUT2D eigenvalue weighted by molar-refractivity contribution is 7.80. The Hall–Kier alpha value is -0.890. The van der Waals surface area contributed by atoms with Gasteiger partial charge in [0.25, 0.3) is 0 Å². The van der Waals surface area contributed by atoms with Gasteiger partial charge in [-0.3, -0.25) is 0 Å². The van der Waals surface area contributed by atoms with E-state index in [0.29, 0.717) is 4.99 Å². The first kappa shape index (κ1) is 15.2. The molecule has 0 fully saturated rings. The molecule has 0 aliphatic carbocycles. The Morgan fingerprint density at radius 3 is 2.39 bits per heavy atom. The van der Waals surface area contributed by atoms with Gasteiger partial charge in [-0.05, 0) is 47.8 Å². The van der Waals surface area contributed by atoms with Crippen molar-refractivity contribution in [1.82, 2.24) is 0 Å². The summed E-state index contributed by atoms with van der Waals surface area (Å²) in [6.07, 6.45) is 4.06. The second-order valence-corrected chi connectivity index (χ2v) is 6.43. The standard InChI is InChI=1S/C16H25NS/c1-5-12-9-10-14(16(2,3)4)11-13(12)7-6-8-15(17)18/h9-11H,5-8H2,1-4H3,(H2,17,18). The molecule has 1 nitrogen and oxygen atoms in total. The molecule has 0 unspecified atom stereocenters. The van der Waals surface area contributed by atoms with Crippen molar-refractivity contribution in [3.8, 4) is 0 Å². The van der Waals surface area contributed by atoms with Crippen LogP contribution < -0.4 is 5.73 Å². The summed E-state index contributed by atoms with van der Waals surface area (Å²) in [5, 5.41) is 0. The third-order valence-electron chi connectivity index (χ3n) is 3.32. The number of hydrogen-bond acceptors (Lipinski definition) is 1. The molecule has 0 aliphatic heterocycles. The Kier molecular flexibility index (Phi) is 5.33. The average Bonchev–Trinajstić information content (AvgIpc) is 2.27. The van der Waals surface area contributed by atoms with Gasteiger partial charge in [0.05, 0.1) is 4.99 Å². The van der Waals surface area contributed by atoms with E-state index in [1.807, 2.05) is 0 Å². The lowest BCUT2D eigenvalue weighted by molar-refractivity contribution is 0.588. The van der Waals surface area contributed by atoms with Crippen LogP contribution in [0.25, 0.3) is 0 Å². The van der Waals surface area contributed by atoms with Crippen LogP contribution >= 0.6 is 12.2 Å². The Morgan fingerprint density at radius 2 is 1.89 bits per heavy atom. The van der Waals surface area contributed by atoms with Crippen molar-refractivity contribution < 1.29 is 0 Å². The van der Waals surface area contributed by atoms with Crippen molar-refractivity contribution in [1.29, 1.82) is 0 Å². The highest BCUT2D eigenvalue weighted by atomic mass is 32.1. The van der Waals surface area contributed by atoms with Gasteiger partial charge in [-0.15, -0.1) is 0 Å². The van der Waals surface area contributed by atoms with Gasteiger partial charge < -0.3 is 5.73 Å². The molecule has 0 aromatic heterocycles. The van der Waals surface area contributed by atoms with Crippen molar-refractivity contribution >= 4 is 17.2 Å². The van der Waals surface area contributed by atoms with E-state index in [4.69, 9.17) is 18.0 Å². The van der Waals surface area contributed by atoms with Crippen LogP contribution in [0.4, 0.5) is 0 Å². The Bertz CT molecular complexity index is 416. The Balaban J connectivity index is 2.89. The molecule has 0 atom stereocenters. The maximum Gasteiger partial charge on any atom is 0.0727 e. The van der Waals surface area contributed by atoms with E-state index in [-0.39, 0.29) is 5.41 Å². The molecule has 2 N–H and O–H groups in total. The monoisotopic (exact) mass is 263 g/mol. The molecule has 0 aliphatic rings. The number of hydrogen-bond donors (Lipinski definition) is 1. The molecule has 0 bridgehead atoms. The smallest absolute Gasteiger partial charge is 0.0727 e.